The monoisotopic (exact) mass is 359 g/mol. The van der Waals surface area contributed by atoms with Crippen molar-refractivity contribution in [3.63, 3.8) is 0 Å². The van der Waals surface area contributed by atoms with Gasteiger partial charge in [-0.1, -0.05) is 0 Å². The van der Waals surface area contributed by atoms with E-state index in [1.807, 2.05) is 12.1 Å². The maximum atomic E-state index is 13.9. The summed E-state index contributed by atoms with van der Waals surface area (Å²) in [5.74, 6) is -0.130. The molecule has 1 amide bonds. The highest BCUT2D eigenvalue weighted by Gasteiger charge is 2.25. The molecule has 0 unspecified atom stereocenters. The maximum absolute atomic E-state index is 13.9. The second kappa shape index (κ2) is 8.14. The molecule has 7 heteroatoms. The number of rotatable bonds is 5. The molecule has 26 heavy (non-hydrogen) atoms. The van der Waals surface area contributed by atoms with Crippen LogP contribution in [0.4, 0.5) is 10.2 Å². The minimum absolute atomic E-state index is 0.0646. The van der Waals surface area contributed by atoms with Gasteiger partial charge in [0.25, 0.3) is 5.91 Å². The van der Waals surface area contributed by atoms with Crippen LogP contribution >= 0.6 is 0 Å². The van der Waals surface area contributed by atoms with Crippen LogP contribution in [0.15, 0.2) is 36.5 Å². The second-order valence-corrected chi connectivity index (χ2v) is 6.22. The highest BCUT2D eigenvalue weighted by atomic mass is 19.1. The van der Waals surface area contributed by atoms with Gasteiger partial charge < -0.3 is 20.1 Å². The van der Waals surface area contributed by atoms with Crippen LogP contribution in [-0.4, -0.2) is 48.7 Å². The number of benzene rings is 1. The van der Waals surface area contributed by atoms with Crippen molar-refractivity contribution >= 4 is 11.7 Å². The van der Waals surface area contributed by atoms with Crippen molar-refractivity contribution in [2.24, 2.45) is 0 Å². The summed E-state index contributed by atoms with van der Waals surface area (Å²) in [5.41, 5.74) is 7.09. The number of ether oxygens (including phenoxy) is 2. The van der Waals surface area contributed by atoms with E-state index in [0.717, 1.165) is 18.4 Å². The fraction of sp³-hybridized carbons (Fsp3) is 0.368. The number of anilines is 1. The normalized spacial score (nSPS) is 17.2. The molecule has 0 radical (unpaired) electrons. The summed E-state index contributed by atoms with van der Waals surface area (Å²) in [6.07, 6.45) is 3.17. The van der Waals surface area contributed by atoms with Crippen molar-refractivity contribution in [1.82, 2.24) is 9.88 Å². The van der Waals surface area contributed by atoms with Crippen LogP contribution in [0.1, 0.15) is 22.3 Å². The van der Waals surface area contributed by atoms with E-state index < -0.39 is 5.82 Å². The summed E-state index contributed by atoms with van der Waals surface area (Å²) >= 11 is 0. The number of aromatic nitrogens is 1. The molecule has 6 nitrogen and oxygen atoms in total. The first-order valence-corrected chi connectivity index (χ1v) is 8.51. The first-order chi connectivity index (χ1) is 12.6. The number of halogens is 1. The van der Waals surface area contributed by atoms with Crippen LogP contribution in [0.5, 0.6) is 5.75 Å². The molecule has 0 bridgehead atoms. The number of methoxy groups -OCH3 is 1. The summed E-state index contributed by atoms with van der Waals surface area (Å²) in [7, 11) is 1.39. The highest BCUT2D eigenvalue weighted by molar-refractivity contribution is 5.94. The molecule has 1 saturated heterocycles. The molecule has 0 saturated carbocycles. The zero-order chi connectivity index (χ0) is 18.5. The molecule has 1 atom stereocenters. The number of amides is 1. The molecule has 1 aromatic heterocycles. The van der Waals surface area contributed by atoms with Crippen LogP contribution in [0.3, 0.4) is 0 Å². The number of nitrogen functional groups attached to an aromatic ring is 1. The number of pyridine rings is 1. The van der Waals surface area contributed by atoms with E-state index in [0.29, 0.717) is 31.1 Å². The van der Waals surface area contributed by atoms with Gasteiger partial charge in [0.05, 0.1) is 19.8 Å². The lowest BCUT2D eigenvalue weighted by Crippen LogP contribution is -2.45. The van der Waals surface area contributed by atoms with Crippen molar-refractivity contribution in [2.75, 3.05) is 32.5 Å². The lowest BCUT2D eigenvalue weighted by molar-refractivity contribution is -0.0246. The van der Waals surface area contributed by atoms with Gasteiger partial charge in [0.1, 0.15) is 5.82 Å². The number of carbonyl (C=O) groups is 1. The fourth-order valence-electron chi connectivity index (χ4n) is 3.04. The molecular formula is C19H22FN3O3. The molecule has 1 aliphatic heterocycles. The zero-order valence-corrected chi connectivity index (χ0v) is 14.7. The quantitative estimate of drug-likeness (QED) is 0.886. The molecule has 2 aromatic rings. The number of aryl methyl sites for hydroxylation is 1. The van der Waals surface area contributed by atoms with Crippen LogP contribution in [0, 0.1) is 5.82 Å². The summed E-state index contributed by atoms with van der Waals surface area (Å²) in [4.78, 5) is 18.3. The Balaban J connectivity index is 1.60. The molecule has 3 rings (SSSR count). The van der Waals surface area contributed by atoms with Crippen molar-refractivity contribution in [2.45, 2.75) is 18.9 Å². The highest BCUT2D eigenvalue weighted by Crippen LogP contribution is 2.20. The number of morpholine rings is 1. The average Bonchev–Trinajstić information content (AvgIpc) is 2.66. The standard InChI is InChI=1S/C19H22FN3O3/c1-25-17-5-3-14(11-16(17)20)19(24)23-8-9-26-15(12-23)4-2-13-6-7-22-18(21)10-13/h3,5-7,10-11,15H,2,4,8-9,12H2,1H3,(H2,21,22)/t15-/m0/s1. The third-order valence-electron chi connectivity index (χ3n) is 4.43. The predicted octanol–water partition coefficient (Wildman–Crippen LogP) is 2.29. The Kier molecular flexibility index (Phi) is 5.68. The number of hydrogen-bond donors (Lipinski definition) is 1. The third kappa shape index (κ3) is 4.29. The Morgan fingerprint density at radius 2 is 2.27 bits per heavy atom. The van der Waals surface area contributed by atoms with Crippen molar-refractivity contribution < 1.29 is 18.7 Å². The van der Waals surface area contributed by atoms with E-state index in [1.54, 1.807) is 17.2 Å². The van der Waals surface area contributed by atoms with Gasteiger partial charge in [-0.25, -0.2) is 9.37 Å². The van der Waals surface area contributed by atoms with Gasteiger partial charge in [0.2, 0.25) is 0 Å². The Hall–Kier alpha value is -2.67. The van der Waals surface area contributed by atoms with Crippen LogP contribution in [-0.2, 0) is 11.2 Å². The molecular weight excluding hydrogens is 337 g/mol. The zero-order valence-electron chi connectivity index (χ0n) is 14.7. The lowest BCUT2D eigenvalue weighted by atomic mass is 10.1. The Labute approximate surface area is 151 Å². The molecule has 0 aliphatic carbocycles. The lowest BCUT2D eigenvalue weighted by Gasteiger charge is -2.33. The Bertz CT molecular complexity index is 784. The van der Waals surface area contributed by atoms with Gasteiger partial charge in [0, 0.05) is 24.8 Å². The van der Waals surface area contributed by atoms with Crippen LogP contribution in [0.2, 0.25) is 0 Å². The number of hydrogen-bond acceptors (Lipinski definition) is 5. The Morgan fingerprint density at radius 1 is 1.42 bits per heavy atom. The van der Waals surface area contributed by atoms with Crippen molar-refractivity contribution in [3.8, 4) is 5.75 Å². The predicted molar refractivity (Wildman–Crippen MR) is 95.6 cm³/mol. The minimum atomic E-state index is -0.543. The van der Waals surface area contributed by atoms with E-state index in [2.05, 4.69) is 4.98 Å². The van der Waals surface area contributed by atoms with Crippen molar-refractivity contribution in [1.29, 1.82) is 0 Å². The van der Waals surface area contributed by atoms with Crippen LogP contribution in [0.25, 0.3) is 0 Å². The average molecular weight is 359 g/mol. The van der Waals surface area contributed by atoms with E-state index in [4.69, 9.17) is 15.2 Å². The van der Waals surface area contributed by atoms with Crippen LogP contribution < -0.4 is 10.5 Å². The first kappa shape index (κ1) is 18.1. The summed E-state index contributed by atoms with van der Waals surface area (Å²) in [6, 6.07) is 8.02. The number of nitrogens with zero attached hydrogens (tertiary/aromatic N) is 2. The smallest absolute Gasteiger partial charge is 0.254 e. The summed E-state index contributed by atoms with van der Waals surface area (Å²) < 4.78 is 24.5. The van der Waals surface area contributed by atoms with Gasteiger partial charge in [-0.3, -0.25) is 4.79 Å². The first-order valence-electron chi connectivity index (χ1n) is 8.51. The van der Waals surface area contributed by atoms with Gasteiger partial charge in [0.15, 0.2) is 11.6 Å². The van der Waals surface area contributed by atoms with Gasteiger partial charge in [-0.15, -0.1) is 0 Å². The molecule has 1 aliphatic rings. The SMILES string of the molecule is COc1ccc(C(=O)N2CCO[C@@H](CCc3ccnc(N)c3)C2)cc1F. The Morgan fingerprint density at radius 3 is 3.00 bits per heavy atom. The van der Waals surface area contributed by atoms with E-state index >= 15 is 0 Å². The van der Waals surface area contributed by atoms with E-state index in [1.165, 1.54) is 19.2 Å². The third-order valence-corrected chi connectivity index (χ3v) is 4.43. The molecule has 2 N–H and O–H groups in total. The van der Waals surface area contributed by atoms with Gasteiger partial charge in [-0.05, 0) is 48.7 Å². The summed E-state index contributed by atoms with van der Waals surface area (Å²) in [5, 5.41) is 0. The summed E-state index contributed by atoms with van der Waals surface area (Å²) in [6.45, 7) is 1.44. The largest absolute Gasteiger partial charge is 0.494 e. The van der Waals surface area contributed by atoms with E-state index in [9.17, 15) is 9.18 Å². The minimum Gasteiger partial charge on any atom is -0.494 e. The maximum Gasteiger partial charge on any atom is 0.254 e. The number of carbonyl (C=O) groups excluding carboxylic acids is 1. The van der Waals surface area contributed by atoms with Gasteiger partial charge >= 0.3 is 0 Å². The molecule has 1 aromatic carbocycles. The topological polar surface area (TPSA) is 77.7 Å². The van der Waals surface area contributed by atoms with Gasteiger partial charge in [-0.2, -0.15) is 0 Å². The fourth-order valence-corrected chi connectivity index (χ4v) is 3.04. The van der Waals surface area contributed by atoms with Crippen molar-refractivity contribution in [3.05, 3.63) is 53.5 Å². The molecule has 0 spiro atoms. The molecule has 2 heterocycles. The molecule has 1 fully saturated rings. The number of nitrogens with two attached hydrogens (primary N) is 1. The molecule has 138 valence electrons. The second-order valence-electron chi connectivity index (χ2n) is 6.22. The van der Waals surface area contributed by atoms with E-state index in [-0.39, 0.29) is 17.8 Å².